The highest BCUT2D eigenvalue weighted by atomic mass is 79.9. The highest BCUT2D eigenvalue weighted by molar-refractivity contribution is 9.10. The second-order valence-corrected chi connectivity index (χ2v) is 9.38. The van der Waals surface area contributed by atoms with Crippen LogP contribution in [0.1, 0.15) is 13.8 Å². The van der Waals surface area contributed by atoms with E-state index in [1.54, 1.807) is 12.1 Å². The lowest BCUT2D eigenvalue weighted by Gasteiger charge is -2.37. The Bertz CT molecular complexity index is 945. The Kier molecular flexibility index (Phi) is 5.73. The average Bonchev–Trinajstić information content (AvgIpc) is 2.60. The maximum atomic E-state index is 14.3. The van der Waals surface area contributed by atoms with Gasteiger partial charge in [0.15, 0.2) is 5.75 Å². The van der Waals surface area contributed by atoms with Gasteiger partial charge in [-0.05, 0) is 44.2 Å². The number of benzene rings is 1. The molecule has 3 rings (SSSR count). The zero-order valence-electron chi connectivity index (χ0n) is 15.2. The first-order chi connectivity index (χ1) is 12.7. The van der Waals surface area contributed by atoms with Crippen molar-refractivity contribution in [2.75, 3.05) is 25.1 Å². The van der Waals surface area contributed by atoms with Crippen molar-refractivity contribution in [3.8, 4) is 5.75 Å². The standard InChI is InChI=1S/C18H21BrFN3O3S/c1-11-9-23(10-12(2)21-11)17-7-5-15(26-3)18(22-17)27(24,25)16-6-4-13(19)8-14(16)20/h4-8,11-12,21H,9-10H2,1-3H3/t11-,12+. The van der Waals surface area contributed by atoms with E-state index >= 15 is 0 Å². The molecular formula is C18H21BrFN3O3S. The summed E-state index contributed by atoms with van der Waals surface area (Å²) in [5.41, 5.74) is 0. The first kappa shape index (κ1) is 20.0. The van der Waals surface area contributed by atoms with Crippen LogP contribution in [0.25, 0.3) is 0 Å². The Balaban J connectivity index is 2.08. The van der Waals surface area contributed by atoms with E-state index in [4.69, 9.17) is 4.74 Å². The van der Waals surface area contributed by atoms with E-state index in [-0.39, 0.29) is 22.9 Å². The topological polar surface area (TPSA) is 71.5 Å². The van der Waals surface area contributed by atoms with Crippen LogP contribution in [0.3, 0.4) is 0 Å². The number of methoxy groups -OCH3 is 1. The lowest BCUT2D eigenvalue weighted by Crippen LogP contribution is -2.54. The molecular weight excluding hydrogens is 437 g/mol. The molecule has 2 atom stereocenters. The molecule has 0 radical (unpaired) electrons. The number of nitrogens with one attached hydrogen (secondary N) is 1. The van der Waals surface area contributed by atoms with Crippen molar-refractivity contribution in [3.63, 3.8) is 0 Å². The first-order valence-electron chi connectivity index (χ1n) is 8.48. The van der Waals surface area contributed by atoms with E-state index in [1.807, 2.05) is 4.90 Å². The Labute approximate surface area is 166 Å². The monoisotopic (exact) mass is 457 g/mol. The first-order valence-corrected chi connectivity index (χ1v) is 10.8. The third-order valence-electron chi connectivity index (χ3n) is 4.35. The zero-order chi connectivity index (χ0) is 19.8. The Morgan fingerprint density at radius 1 is 1.22 bits per heavy atom. The average molecular weight is 458 g/mol. The molecule has 2 heterocycles. The summed E-state index contributed by atoms with van der Waals surface area (Å²) >= 11 is 3.13. The van der Waals surface area contributed by atoms with Crippen LogP contribution in [0, 0.1) is 5.82 Å². The lowest BCUT2D eigenvalue weighted by atomic mass is 10.1. The van der Waals surface area contributed by atoms with Gasteiger partial charge >= 0.3 is 0 Å². The van der Waals surface area contributed by atoms with E-state index in [0.717, 1.165) is 6.07 Å². The highest BCUT2D eigenvalue weighted by Crippen LogP contribution is 2.32. The van der Waals surface area contributed by atoms with Gasteiger partial charge in [-0.2, -0.15) is 0 Å². The summed E-state index contributed by atoms with van der Waals surface area (Å²) in [6.45, 7) is 5.49. The lowest BCUT2D eigenvalue weighted by molar-refractivity contribution is 0.393. The molecule has 1 aromatic carbocycles. The number of anilines is 1. The smallest absolute Gasteiger partial charge is 0.230 e. The molecule has 0 saturated carbocycles. The van der Waals surface area contributed by atoms with Crippen LogP contribution < -0.4 is 15.0 Å². The fourth-order valence-electron chi connectivity index (χ4n) is 3.25. The van der Waals surface area contributed by atoms with Crippen molar-refractivity contribution in [2.45, 2.75) is 35.9 Å². The summed E-state index contributed by atoms with van der Waals surface area (Å²) in [5.74, 6) is -0.243. The predicted molar refractivity (Wildman–Crippen MR) is 105 cm³/mol. The van der Waals surface area contributed by atoms with Crippen LogP contribution in [-0.2, 0) is 9.84 Å². The molecule has 9 heteroatoms. The van der Waals surface area contributed by atoms with Gasteiger partial charge in [0.2, 0.25) is 14.9 Å². The van der Waals surface area contributed by atoms with Crippen LogP contribution in [0.15, 0.2) is 44.7 Å². The van der Waals surface area contributed by atoms with Gasteiger partial charge in [0.25, 0.3) is 0 Å². The molecule has 0 unspecified atom stereocenters. The number of halogens is 2. The number of hydrogen-bond acceptors (Lipinski definition) is 6. The fraction of sp³-hybridized carbons (Fsp3) is 0.389. The SMILES string of the molecule is COc1ccc(N2C[C@@H](C)N[C@@H](C)C2)nc1S(=O)(=O)c1ccc(Br)cc1F. The molecule has 0 aliphatic carbocycles. The molecule has 1 N–H and O–H groups in total. The van der Waals surface area contributed by atoms with Gasteiger partial charge in [-0.15, -0.1) is 0 Å². The van der Waals surface area contributed by atoms with E-state index in [0.29, 0.717) is 23.4 Å². The summed E-state index contributed by atoms with van der Waals surface area (Å²) in [6, 6.07) is 7.57. The van der Waals surface area contributed by atoms with E-state index < -0.39 is 20.5 Å². The van der Waals surface area contributed by atoms with Crippen LogP contribution >= 0.6 is 15.9 Å². The van der Waals surface area contributed by atoms with Crippen molar-refractivity contribution in [2.24, 2.45) is 0 Å². The van der Waals surface area contributed by atoms with Gasteiger partial charge in [0.05, 0.1) is 7.11 Å². The van der Waals surface area contributed by atoms with E-state index in [2.05, 4.69) is 40.1 Å². The number of sulfone groups is 1. The molecule has 27 heavy (non-hydrogen) atoms. The van der Waals surface area contributed by atoms with Gasteiger partial charge in [0.1, 0.15) is 16.5 Å². The number of nitrogens with zero attached hydrogens (tertiary/aromatic N) is 2. The Morgan fingerprint density at radius 3 is 2.48 bits per heavy atom. The Morgan fingerprint density at radius 2 is 1.89 bits per heavy atom. The molecule has 1 saturated heterocycles. The zero-order valence-corrected chi connectivity index (χ0v) is 17.6. The molecule has 1 aliphatic rings. The maximum absolute atomic E-state index is 14.3. The minimum atomic E-state index is -4.19. The third-order valence-corrected chi connectivity index (χ3v) is 6.56. The summed E-state index contributed by atoms with van der Waals surface area (Å²) in [6.07, 6.45) is 0. The van der Waals surface area contributed by atoms with Gasteiger partial charge in [0, 0.05) is 29.6 Å². The number of pyridine rings is 1. The normalized spacial score (nSPS) is 20.6. The molecule has 6 nitrogen and oxygen atoms in total. The van der Waals surface area contributed by atoms with E-state index in [1.165, 1.54) is 19.2 Å². The van der Waals surface area contributed by atoms with Crippen molar-refractivity contribution < 1.29 is 17.5 Å². The third kappa shape index (κ3) is 4.09. The van der Waals surface area contributed by atoms with Crippen molar-refractivity contribution >= 4 is 31.6 Å². The van der Waals surface area contributed by atoms with Gasteiger partial charge in [-0.1, -0.05) is 15.9 Å². The van der Waals surface area contributed by atoms with Crippen molar-refractivity contribution in [1.29, 1.82) is 0 Å². The van der Waals surface area contributed by atoms with Gasteiger partial charge < -0.3 is 15.0 Å². The molecule has 1 aliphatic heterocycles. The number of rotatable bonds is 4. The molecule has 146 valence electrons. The van der Waals surface area contributed by atoms with E-state index in [9.17, 15) is 12.8 Å². The molecule has 2 aromatic rings. The highest BCUT2D eigenvalue weighted by Gasteiger charge is 2.29. The molecule has 0 spiro atoms. The quantitative estimate of drug-likeness (QED) is 0.760. The predicted octanol–water partition coefficient (Wildman–Crippen LogP) is 3.01. The minimum absolute atomic E-state index is 0.0808. The summed E-state index contributed by atoms with van der Waals surface area (Å²) < 4.78 is 46.1. The van der Waals surface area contributed by atoms with Gasteiger partial charge in [-0.3, -0.25) is 0 Å². The number of piperazine rings is 1. The second-order valence-electron chi connectivity index (χ2n) is 6.63. The number of aromatic nitrogens is 1. The molecule has 1 fully saturated rings. The summed E-state index contributed by atoms with van der Waals surface area (Å²) in [4.78, 5) is 5.94. The van der Waals surface area contributed by atoms with Crippen molar-refractivity contribution in [1.82, 2.24) is 10.3 Å². The van der Waals surface area contributed by atoms with Crippen molar-refractivity contribution in [3.05, 3.63) is 40.6 Å². The van der Waals surface area contributed by atoms with Crippen LogP contribution in [0.5, 0.6) is 5.75 Å². The second kappa shape index (κ2) is 7.73. The summed E-state index contributed by atoms with van der Waals surface area (Å²) in [7, 11) is -2.83. The largest absolute Gasteiger partial charge is 0.494 e. The van der Waals surface area contributed by atoms with Crippen LogP contribution in [-0.4, -0.2) is 45.7 Å². The summed E-state index contributed by atoms with van der Waals surface area (Å²) in [5, 5.41) is 3.13. The maximum Gasteiger partial charge on any atom is 0.230 e. The number of hydrogen-bond donors (Lipinski definition) is 1. The van der Waals surface area contributed by atoms with Crippen LogP contribution in [0.4, 0.5) is 10.2 Å². The molecule has 1 aromatic heterocycles. The fourth-order valence-corrected chi connectivity index (χ4v) is 4.99. The minimum Gasteiger partial charge on any atom is -0.494 e. The van der Waals surface area contributed by atoms with Gasteiger partial charge in [-0.25, -0.2) is 17.8 Å². The molecule has 0 amide bonds. The molecule has 0 bridgehead atoms. The van der Waals surface area contributed by atoms with Crippen LogP contribution in [0.2, 0.25) is 0 Å². The number of ether oxygens (including phenoxy) is 1. The Hall–Kier alpha value is -1.71.